The van der Waals surface area contributed by atoms with Crippen molar-refractivity contribution in [3.63, 3.8) is 0 Å². The van der Waals surface area contributed by atoms with E-state index in [0.29, 0.717) is 17.3 Å². The van der Waals surface area contributed by atoms with Gasteiger partial charge in [0.1, 0.15) is 0 Å². The highest BCUT2D eigenvalue weighted by atomic mass is 35.5. The minimum absolute atomic E-state index is 0.184. The van der Waals surface area contributed by atoms with Crippen molar-refractivity contribution in [2.45, 2.75) is 6.10 Å². The van der Waals surface area contributed by atoms with E-state index in [1.807, 2.05) is 30.3 Å². The summed E-state index contributed by atoms with van der Waals surface area (Å²) in [5.74, 6) is 0. The maximum Gasteiger partial charge on any atom is 0.319 e. The average Bonchev–Trinajstić information content (AvgIpc) is 2.49. The largest absolute Gasteiger partial charge is 0.375 e. The SMILES string of the molecule is COC(CNC(=O)Nc1cccc(Cl)c1)c1ccccc1. The van der Waals surface area contributed by atoms with Crippen molar-refractivity contribution in [2.75, 3.05) is 19.0 Å². The fourth-order valence-corrected chi connectivity index (χ4v) is 2.12. The Morgan fingerprint density at radius 3 is 2.62 bits per heavy atom. The number of rotatable bonds is 5. The molecule has 0 aliphatic heterocycles. The summed E-state index contributed by atoms with van der Waals surface area (Å²) in [6.45, 7) is 0.382. The van der Waals surface area contributed by atoms with E-state index in [1.165, 1.54) is 0 Å². The molecule has 2 rings (SSSR count). The number of methoxy groups -OCH3 is 1. The van der Waals surface area contributed by atoms with Crippen molar-refractivity contribution in [3.8, 4) is 0 Å². The van der Waals surface area contributed by atoms with Crippen LogP contribution in [-0.2, 0) is 4.74 Å². The Hall–Kier alpha value is -2.04. The third kappa shape index (κ3) is 4.77. The molecular formula is C16H17ClN2O2. The smallest absolute Gasteiger partial charge is 0.319 e. The number of nitrogens with one attached hydrogen (secondary N) is 2. The molecule has 0 spiro atoms. The zero-order valence-electron chi connectivity index (χ0n) is 11.7. The van der Waals surface area contributed by atoms with Crippen LogP contribution < -0.4 is 10.6 Å². The highest BCUT2D eigenvalue weighted by Crippen LogP contribution is 2.16. The number of ether oxygens (including phenoxy) is 1. The second-order valence-corrected chi connectivity index (χ2v) is 4.92. The molecule has 2 N–H and O–H groups in total. The van der Waals surface area contributed by atoms with Gasteiger partial charge in [-0.1, -0.05) is 48.0 Å². The molecule has 0 bridgehead atoms. The van der Waals surface area contributed by atoms with Gasteiger partial charge in [-0.25, -0.2) is 4.79 Å². The van der Waals surface area contributed by atoms with Crippen LogP contribution in [0.4, 0.5) is 10.5 Å². The third-order valence-corrected chi connectivity index (χ3v) is 3.22. The van der Waals surface area contributed by atoms with Crippen LogP contribution in [0.3, 0.4) is 0 Å². The van der Waals surface area contributed by atoms with Crippen LogP contribution in [0.25, 0.3) is 0 Å². The van der Waals surface area contributed by atoms with Crippen LogP contribution in [0.2, 0.25) is 5.02 Å². The maximum atomic E-state index is 11.9. The highest BCUT2D eigenvalue weighted by Gasteiger charge is 2.11. The Kier molecular flexibility index (Phi) is 5.60. The van der Waals surface area contributed by atoms with Crippen LogP contribution in [0.1, 0.15) is 11.7 Å². The molecule has 4 nitrogen and oxygen atoms in total. The first-order valence-electron chi connectivity index (χ1n) is 6.57. The van der Waals surface area contributed by atoms with Gasteiger partial charge in [0.05, 0.1) is 6.10 Å². The lowest BCUT2D eigenvalue weighted by Gasteiger charge is -2.16. The number of hydrogen-bond acceptors (Lipinski definition) is 2. The lowest BCUT2D eigenvalue weighted by Crippen LogP contribution is -2.32. The number of urea groups is 1. The number of carbonyl (C=O) groups excluding carboxylic acids is 1. The zero-order valence-corrected chi connectivity index (χ0v) is 12.4. The number of anilines is 1. The minimum atomic E-state index is -0.296. The Morgan fingerprint density at radius 1 is 1.19 bits per heavy atom. The molecule has 0 aliphatic carbocycles. The Bertz CT molecular complexity index is 590. The quantitative estimate of drug-likeness (QED) is 0.881. The van der Waals surface area contributed by atoms with E-state index in [1.54, 1.807) is 31.4 Å². The van der Waals surface area contributed by atoms with Crippen molar-refractivity contribution >= 4 is 23.3 Å². The Morgan fingerprint density at radius 2 is 1.95 bits per heavy atom. The molecule has 2 aromatic carbocycles. The van der Waals surface area contributed by atoms with E-state index in [9.17, 15) is 4.79 Å². The summed E-state index contributed by atoms with van der Waals surface area (Å²) >= 11 is 5.87. The summed E-state index contributed by atoms with van der Waals surface area (Å²) in [5.41, 5.74) is 1.66. The van der Waals surface area contributed by atoms with Gasteiger partial charge in [0.25, 0.3) is 0 Å². The molecule has 110 valence electrons. The van der Waals surface area contributed by atoms with E-state index in [2.05, 4.69) is 10.6 Å². The minimum Gasteiger partial charge on any atom is -0.375 e. The van der Waals surface area contributed by atoms with Gasteiger partial charge in [0, 0.05) is 24.4 Å². The molecule has 0 aliphatic rings. The first-order valence-corrected chi connectivity index (χ1v) is 6.95. The molecule has 21 heavy (non-hydrogen) atoms. The summed E-state index contributed by atoms with van der Waals surface area (Å²) in [7, 11) is 1.62. The molecule has 5 heteroatoms. The van der Waals surface area contributed by atoms with Gasteiger partial charge >= 0.3 is 6.03 Å². The number of carbonyl (C=O) groups is 1. The average molecular weight is 305 g/mol. The predicted octanol–water partition coefficient (Wildman–Crippen LogP) is 3.85. The van der Waals surface area contributed by atoms with Gasteiger partial charge in [0.2, 0.25) is 0 Å². The standard InChI is InChI=1S/C16H17ClN2O2/c1-21-15(12-6-3-2-4-7-12)11-18-16(20)19-14-9-5-8-13(17)10-14/h2-10,15H,11H2,1H3,(H2,18,19,20). The maximum absolute atomic E-state index is 11.9. The topological polar surface area (TPSA) is 50.4 Å². The monoisotopic (exact) mass is 304 g/mol. The molecule has 1 atom stereocenters. The van der Waals surface area contributed by atoms with Crippen LogP contribution in [-0.4, -0.2) is 19.7 Å². The summed E-state index contributed by atoms with van der Waals surface area (Å²) in [6, 6.07) is 16.4. The van der Waals surface area contributed by atoms with Gasteiger partial charge in [-0.2, -0.15) is 0 Å². The second-order valence-electron chi connectivity index (χ2n) is 4.48. The van der Waals surface area contributed by atoms with Crippen LogP contribution >= 0.6 is 11.6 Å². The van der Waals surface area contributed by atoms with E-state index >= 15 is 0 Å². The van der Waals surface area contributed by atoms with Crippen molar-refractivity contribution in [1.29, 1.82) is 0 Å². The van der Waals surface area contributed by atoms with Gasteiger partial charge in [0.15, 0.2) is 0 Å². The summed E-state index contributed by atoms with van der Waals surface area (Å²) in [4.78, 5) is 11.9. The number of hydrogen-bond donors (Lipinski definition) is 2. The van der Waals surface area contributed by atoms with E-state index in [-0.39, 0.29) is 12.1 Å². The molecule has 2 aromatic rings. The fraction of sp³-hybridized carbons (Fsp3) is 0.188. The molecule has 0 fully saturated rings. The van der Waals surface area contributed by atoms with E-state index < -0.39 is 0 Å². The normalized spacial score (nSPS) is 11.7. The van der Waals surface area contributed by atoms with Gasteiger partial charge < -0.3 is 15.4 Å². The van der Waals surface area contributed by atoms with E-state index in [0.717, 1.165) is 5.56 Å². The molecular weight excluding hydrogens is 288 g/mol. The van der Waals surface area contributed by atoms with Crippen molar-refractivity contribution < 1.29 is 9.53 Å². The van der Waals surface area contributed by atoms with Crippen LogP contribution in [0.5, 0.6) is 0 Å². The van der Waals surface area contributed by atoms with Crippen LogP contribution in [0, 0.1) is 0 Å². The number of amides is 2. The summed E-state index contributed by atoms with van der Waals surface area (Å²) in [5, 5.41) is 6.08. The third-order valence-electron chi connectivity index (χ3n) is 2.99. The highest BCUT2D eigenvalue weighted by molar-refractivity contribution is 6.30. The molecule has 0 radical (unpaired) electrons. The lowest BCUT2D eigenvalue weighted by molar-refractivity contribution is 0.104. The molecule has 0 aromatic heterocycles. The number of benzene rings is 2. The Balaban J connectivity index is 1.88. The van der Waals surface area contributed by atoms with Gasteiger partial charge in [-0.15, -0.1) is 0 Å². The van der Waals surface area contributed by atoms with E-state index in [4.69, 9.17) is 16.3 Å². The zero-order chi connectivity index (χ0) is 15.1. The lowest BCUT2D eigenvalue weighted by atomic mass is 10.1. The molecule has 1 unspecified atom stereocenters. The first-order chi connectivity index (χ1) is 10.2. The molecule has 0 saturated heterocycles. The number of halogens is 1. The second kappa shape index (κ2) is 7.67. The summed E-state index contributed by atoms with van der Waals surface area (Å²) in [6.07, 6.45) is -0.184. The van der Waals surface area contributed by atoms with Gasteiger partial charge in [-0.05, 0) is 23.8 Å². The van der Waals surface area contributed by atoms with Crippen molar-refractivity contribution in [3.05, 3.63) is 65.2 Å². The van der Waals surface area contributed by atoms with Crippen LogP contribution in [0.15, 0.2) is 54.6 Å². The van der Waals surface area contributed by atoms with Crippen molar-refractivity contribution in [1.82, 2.24) is 5.32 Å². The van der Waals surface area contributed by atoms with Gasteiger partial charge in [-0.3, -0.25) is 0 Å². The fourth-order valence-electron chi connectivity index (χ4n) is 1.93. The molecule has 0 saturated carbocycles. The predicted molar refractivity (Wildman–Crippen MR) is 84.7 cm³/mol. The Labute approximate surface area is 129 Å². The summed E-state index contributed by atoms with van der Waals surface area (Å²) < 4.78 is 5.39. The first kappa shape index (κ1) is 15.4. The molecule has 2 amide bonds. The van der Waals surface area contributed by atoms with Crippen molar-refractivity contribution in [2.24, 2.45) is 0 Å². The molecule has 0 heterocycles.